The van der Waals surface area contributed by atoms with Crippen LogP contribution in [0.25, 0.3) is 16.7 Å². The zero-order chi connectivity index (χ0) is 18.0. The van der Waals surface area contributed by atoms with Crippen LogP contribution in [0.2, 0.25) is 12.6 Å². The number of aryl methyl sites for hydroxylation is 1. The van der Waals surface area contributed by atoms with Crippen LogP contribution in [0.3, 0.4) is 0 Å². The van der Waals surface area contributed by atoms with Gasteiger partial charge in [-0.2, -0.15) is 0 Å². The van der Waals surface area contributed by atoms with Crippen molar-refractivity contribution < 1.29 is 9.22 Å². The number of aromatic nitrogens is 3. The Morgan fingerprint density at radius 1 is 1.24 bits per heavy atom. The van der Waals surface area contributed by atoms with Crippen molar-refractivity contribution in [2.24, 2.45) is 5.92 Å². The Morgan fingerprint density at radius 2 is 1.88 bits per heavy atom. The summed E-state index contributed by atoms with van der Waals surface area (Å²) in [5, 5.41) is 19.8. The zero-order valence-electron chi connectivity index (χ0n) is 15.2. The summed E-state index contributed by atoms with van der Waals surface area (Å²) in [6.45, 7) is 6.51. The first kappa shape index (κ1) is 17.8. The van der Waals surface area contributed by atoms with Crippen LogP contribution in [0, 0.1) is 12.8 Å². The van der Waals surface area contributed by atoms with Gasteiger partial charge < -0.3 is 9.22 Å². The van der Waals surface area contributed by atoms with Gasteiger partial charge in [0.15, 0.2) is 9.04 Å². The molecule has 25 heavy (non-hydrogen) atoms. The third-order valence-electron chi connectivity index (χ3n) is 4.52. The molecule has 1 aromatic heterocycles. The number of benzene rings is 2. The highest BCUT2D eigenvalue weighted by molar-refractivity contribution is 6.54. The summed E-state index contributed by atoms with van der Waals surface area (Å²) in [7, 11) is -0.233. The largest absolute Gasteiger partial charge is 0.505 e. The van der Waals surface area contributed by atoms with E-state index in [9.17, 15) is 5.11 Å². The Morgan fingerprint density at radius 3 is 2.48 bits per heavy atom. The molecule has 3 aromatic rings. The highest BCUT2D eigenvalue weighted by Gasteiger charge is 2.17. The van der Waals surface area contributed by atoms with Crippen molar-refractivity contribution in [3.63, 3.8) is 0 Å². The summed E-state index contributed by atoms with van der Waals surface area (Å²) in [6.07, 6.45) is 0.837. The maximum Gasteiger partial charge on any atom is 0.159 e. The van der Waals surface area contributed by atoms with Crippen molar-refractivity contribution in [2.75, 3.05) is 0 Å². The molecule has 0 amide bonds. The van der Waals surface area contributed by atoms with Crippen LogP contribution >= 0.6 is 0 Å². The summed E-state index contributed by atoms with van der Waals surface area (Å²) in [5.41, 5.74) is 4.34. The monoisotopic (exact) mass is 371 g/mol. The molecule has 0 aliphatic carbocycles. The maximum absolute atomic E-state index is 10.8. The molecule has 0 aliphatic heterocycles. The van der Waals surface area contributed by atoms with Gasteiger partial charge >= 0.3 is 0 Å². The van der Waals surface area contributed by atoms with E-state index < -0.39 is 9.04 Å². The van der Waals surface area contributed by atoms with E-state index in [0.717, 1.165) is 45.1 Å². The van der Waals surface area contributed by atoms with Crippen LogP contribution in [0.4, 0.5) is 0 Å². The molecule has 132 valence electrons. The maximum atomic E-state index is 10.8. The molecule has 2 atom stereocenters. The molecule has 0 saturated heterocycles. The molecule has 5 nitrogen and oxygen atoms in total. The molecule has 3 rings (SSSR count). The van der Waals surface area contributed by atoms with Gasteiger partial charge in [-0.1, -0.05) is 25.1 Å². The molecule has 0 spiro atoms. The highest BCUT2D eigenvalue weighted by Crippen LogP contribution is 2.30. The molecular formula is C18H25N3O2Si2. The number of phenolic OH excluding ortho intramolecular Hbond substituents is 1. The lowest BCUT2D eigenvalue weighted by Crippen LogP contribution is -2.16. The van der Waals surface area contributed by atoms with Gasteiger partial charge in [-0.15, -0.1) is 15.0 Å². The molecule has 0 fully saturated rings. The van der Waals surface area contributed by atoms with Gasteiger partial charge in [0.1, 0.15) is 33.0 Å². The first-order valence-corrected chi connectivity index (χ1v) is 11.9. The Kier molecular flexibility index (Phi) is 5.36. The summed E-state index contributed by atoms with van der Waals surface area (Å²) in [6, 6.07) is 12.8. The molecule has 7 heteroatoms. The summed E-state index contributed by atoms with van der Waals surface area (Å²) < 4.78 is 5.63. The fourth-order valence-electron chi connectivity index (χ4n) is 3.23. The van der Waals surface area contributed by atoms with Gasteiger partial charge in [-0.3, -0.25) is 0 Å². The van der Waals surface area contributed by atoms with Gasteiger partial charge in [0.25, 0.3) is 0 Å². The lowest BCUT2D eigenvalue weighted by Gasteiger charge is -2.17. The van der Waals surface area contributed by atoms with Gasteiger partial charge in [-0.25, -0.2) is 0 Å². The van der Waals surface area contributed by atoms with Crippen LogP contribution < -0.4 is 0 Å². The minimum absolute atomic E-state index is 0.277. The molecule has 0 aliphatic rings. The number of phenols is 1. The van der Waals surface area contributed by atoms with E-state index in [1.165, 1.54) is 0 Å². The second-order valence-corrected chi connectivity index (χ2v) is 10.8. The highest BCUT2D eigenvalue weighted by atomic mass is 28.3. The normalized spacial score (nSPS) is 14.0. The average Bonchev–Trinajstić information content (AvgIpc) is 3.01. The molecule has 1 N–H and O–H groups in total. The molecule has 2 unspecified atom stereocenters. The van der Waals surface area contributed by atoms with Crippen molar-refractivity contribution in [1.29, 1.82) is 0 Å². The van der Waals surface area contributed by atoms with E-state index in [1.54, 1.807) is 4.80 Å². The van der Waals surface area contributed by atoms with Crippen molar-refractivity contribution in [3.05, 3.63) is 47.5 Å². The van der Waals surface area contributed by atoms with Crippen LogP contribution in [0.5, 0.6) is 5.75 Å². The van der Waals surface area contributed by atoms with E-state index >= 15 is 0 Å². The Labute approximate surface area is 152 Å². The number of fused-ring (bicyclic) bond motifs is 1. The summed E-state index contributed by atoms with van der Waals surface area (Å²) in [4.78, 5) is 1.54. The third kappa shape index (κ3) is 4.00. The summed E-state index contributed by atoms with van der Waals surface area (Å²) in [5.74, 6) is 0.764. The van der Waals surface area contributed by atoms with Crippen LogP contribution in [-0.4, -0.2) is 39.6 Å². The predicted molar refractivity (Wildman–Crippen MR) is 107 cm³/mol. The molecular weight excluding hydrogens is 346 g/mol. The molecule has 0 saturated carbocycles. The summed E-state index contributed by atoms with van der Waals surface area (Å²) >= 11 is 0. The Bertz CT molecular complexity index is 849. The van der Waals surface area contributed by atoms with Gasteiger partial charge in [0, 0.05) is 0 Å². The number of aromatic hydroxyl groups is 1. The minimum atomic E-state index is -1.05. The Hall–Kier alpha value is -1.97. The molecule has 0 bridgehead atoms. The second-order valence-electron chi connectivity index (χ2n) is 6.86. The number of nitrogens with zero attached hydrogens (tertiary/aromatic N) is 3. The SMILES string of the molecule is Cc1cc(CC(C)C[SiH](C)O[SiH3])c(O)c(-n2nc3ccccc3n2)c1. The van der Waals surface area contributed by atoms with Crippen LogP contribution in [0.1, 0.15) is 18.1 Å². The van der Waals surface area contributed by atoms with Gasteiger partial charge in [0.05, 0.1) is 0 Å². The van der Waals surface area contributed by atoms with E-state index in [1.807, 2.05) is 37.3 Å². The fraction of sp³-hybridized carbons (Fsp3) is 0.333. The van der Waals surface area contributed by atoms with E-state index in [-0.39, 0.29) is 5.75 Å². The first-order chi connectivity index (χ1) is 12.0. The molecule has 1 heterocycles. The van der Waals surface area contributed by atoms with E-state index in [4.69, 9.17) is 4.12 Å². The smallest absolute Gasteiger partial charge is 0.159 e. The van der Waals surface area contributed by atoms with Crippen molar-refractivity contribution >= 4 is 30.6 Å². The topological polar surface area (TPSA) is 60.2 Å². The lowest BCUT2D eigenvalue weighted by molar-refractivity contribution is 0.454. The average molecular weight is 372 g/mol. The molecule has 0 radical (unpaired) electrons. The lowest BCUT2D eigenvalue weighted by atomic mass is 9.99. The third-order valence-corrected chi connectivity index (χ3v) is 9.21. The number of rotatable bonds is 6. The quantitative estimate of drug-likeness (QED) is 0.675. The predicted octanol–water partition coefficient (Wildman–Crippen LogP) is 2.26. The van der Waals surface area contributed by atoms with E-state index in [0.29, 0.717) is 11.6 Å². The van der Waals surface area contributed by atoms with Crippen molar-refractivity contribution in [1.82, 2.24) is 15.0 Å². The van der Waals surface area contributed by atoms with E-state index in [2.05, 4.69) is 29.7 Å². The second kappa shape index (κ2) is 7.51. The fourth-order valence-corrected chi connectivity index (χ4v) is 5.30. The van der Waals surface area contributed by atoms with Gasteiger partial charge in [-0.05, 0) is 61.2 Å². The number of hydrogen-bond donors (Lipinski definition) is 1. The number of hydrogen-bond acceptors (Lipinski definition) is 4. The minimum Gasteiger partial charge on any atom is -0.505 e. The van der Waals surface area contributed by atoms with Crippen molar-refractivity contribution in [3.8, 4) is 11.4 Å². The zero-order valence-corrected chi connectivity index (χ0v) is 18.4. The van der Waals surface area contributed by atoms with Crippen LogP contribution in [-0.2, 0) is 10.5 Å². The van der Waals surface area contributed by atoms with Crippen LogP contribution in [0.15, 0.2) is 36.4 Å². The van der Waals surface area contributed by atoms with Gasteiger partial charge in [0.2, 0.25) is 0 Å². The first-order valence-electron chi connectivity index (χ1n) is 8.65. The Balaban J connectivity index is 1.94. The standard InChI is InChI=1S/C18H25N3O2Si2/c1-12-8-14(9-13(2)11-25(3)23-24)18(22)17(10-12)21-19-15-6-4-5-7-16(15)20-21/h4-8,10,13,22,25H,9,11H2,1-3,24H3. The molecule has 2 aromatic carbocycles. The van der Waals surface area contributed by atoms with Crippen molar-refractivity contribution in [2.45, 2.75) is 32.9 Å².